The van der Waals surface area contributed by atoms with Crippen molar-refractivity contribution in [3.63, 3.8) is 0 Å². The molecular formula is C24H22N2O7. The Hall–Kier alpha value is -4.40. The van der Waals surface area contributed by atoms with E-state index in [1.807, 2.05) is 30.3 Å². The van der Waals surface area contributed by atoms with Crippen LogP contribution in [0.25, 0.3) is 0 Å². The molecule has 0 heterocycles. The minimum Gasteiger partial charge on any atom is -0.489 e. The van der Waals surface area contributed by atoms with Crippen LogP contribution in [0.2, 0.25) is 0 Å². The monoisotopic (exact) mass is 450 g/mol. The van der Waals surface area contributed by atoms with Gasteiger partial charge in [-0.15, -0.1) is 0 Å². The van der Waals surface area contributed by atoms with Gasteiger partial charge in [-0.2, -0.15) is 0 Å². The predicted molar refractivity (Wildman–Crippen MR) is 119 cm³/mol. The second-order valence-corrected chi connectivity index (χ2v) is 6.98. The van der Waals surface area contributed by atoms with E-state index < -0.39 is 23.0 Å². The number of nitro benzene ring substituents is 1. The number of benzene rings is 3. The lowest BCUT2D eigenvalue weighted by Crippen LogP contribution is -2.44. The molecule has 33 heavy (non-hydrogen) atoms. The smallest absolute Gasteiger partial charge is 0.413 e. The summed E-state index contributed by atoms with van der Waals surface area (Å²) in [5, 5.41) is 13.2. The number of amides is 1. The lowest BCUT2D eigenvalue weighted by Gasteiger charge is -2.16. The van der Waals surface area contributed by atoms with Gasteiger partial charge < -0.3 is 19.5 Å². The number of esters is 1. The summed E-state index contributed by atoms with van der Waals surface area (Å²) in [6.07, 6.45) is -0.719. The molecule has 1 N–H and O–H groups in total. The van der Waals surface area contributed by atoms with Crippen molar-refractivity contribution in [2.45, 2.75) is 19.1 Å². The molecule has 3 aromatic rings. The Bertz CT molecular complexity index is 1080. The number of non-ortho nitro benzene ring substituents is 1. The summed E-state index contributed by atoms with van der Waals surface area (Å²) in [5.41, 5.74) is 1.68. The fraction of sp³-hybridized carbons (Fsp3) is 0.167. The molecule has 0 fully saturated rings. The largest absolute Gasteiger partial charge is 0.489 e. The van der Waals surface area contributed by atoms with Crippen LogP contribution in [0.5, 0.6) is 11.5 Å². The highest BCUT2D eigenvalue weighted by molar-refractivity contribution is 5.82. The van der Waals surface area contributed by atoms with Crippen LogP contribution in [0.1, 0.15) is 11.1 Å². The summed E-state index contributed by atoms with van der Waals surface area (Å²) in [7, 11) is 1.22. The summed E-state index contributed by atoms with van der Waals surface area (Å²) in [4.78, 5) is 34.5. The summed E-state index contributed by atoms with van der Waals surface area (Å²) in [5.74, 6) is 0.129. The maximum absolute atomic E-state index is 12.2. The Labute approximate surface area is 190 Å². The number of methoxy groups -OCH3 is 1. The molecule has 0 aromatic heterocycles. The van der Waals surface area contributed by atoms with E-state index in [2.05, 4.69) is 5.32 Å². The number of carbonyl (C=O) groups excluding carboxylic acids is 2. The molecule has 0 aliphatic carbocycles. The summed E-state index contributed by atoms with van der Waals surface area (Å²) < 4.78 is 15.6. The van der Waals surface area contributed by atoms with Crippen molar-refractivity contribution in [2.24, 2.45) is 0 Å². The Morgan fingerprint density at radius 2 is 1.55 bits per heavy atom. The highest BCUT2D eigenvalue weighted by Gasteiger charge is 2.23. The van der Waals surface area contributed by atoms with Crippen LogP contribution in [0.4, 0.5) is 10.5 Å². The van der Waals surface area contributed by atoms with Gasteiger partial charge in [0, 0.05) is 18.6 Å². The minimum absolute atomic E-state index is 0.0987. The number of hydrogen-bond donors (Lipinski definition) is 1. The van der Waals surface area contributed by atoms with Gasteiger partial charge in [0.1, 0.15) is 24.1 Å². The summed E-state index contributed by atoms with van der Waals surface area (Å²) in [6.45, 7) is 0.432. The van der Waals surface area contributed by atoms with Gasteiger partial charge in [-0.1, -0.05) is 42.5 Å². The predicted octanol–water partition coefficient (Wildman–Crippen LogP) is 4.05. The number of nitrogens with one attached hydrogen (secondary N) is 1. The highest BCUT2D eigenvalue weighted by Crippen LogP contribution is 2.18. The van der Waals surface area contributed by atoms with Crippen LogP contribution in [-0.4, -0.2) is 30.1 Å². The number of hydrogen-bond acceptors (Lipinski definition) is 7. The number of nitrogens with zero attached hydrogens (tertiary/aromatic N) is 1. The molecule has 3 rings (SSSR count). The van der Waals surface area contributed by atoms with Crippen molar-refractivity contribution in [2.75, 3.05) is 7.11 Å². The highest BCUT2D eigenvalue weighted by atomic mass is 16.6. The molecule has 0 unspecified atom stereocenters. The lowest BCUT2D eigenvalue weighted by molar-refractivity contribution is -0.384. The van der Waals surface area contributed by atoms with Gasteiger partial charge in [0.05, 0.1) is 12.0 Å². The minimum atomic E-state index is -0.989. The fourth-order valence-corrected chi connectivity index (χ4v) is 2.95. The van der Waals surface area contributed by atoms with E-state index in [1.165, 1.54) is 31.4 Å². The zero-order valence-corrected chi connectivity index (χ0v) is 17.8. The van der Waals surface area contributed by atoms with E-state index in [0.717, 1.165) is 11.1 Å². The summed E-state index contributed by atoms with van der Waals surface area (Å²) in [6, 6.07) is 20.9. The Morgan fingerprint density at radius 1 is 0.909 bits per heavy atom. The second kappa shape index (κ2) is 11.3. The maximum atomic E-state index is 12.2. The maximum Gasteiger partial charge on any atom is 0.413 e. The molecule has 0 radical (unpaired) electrons. The molecule has 0 saturated heterocycles. The van der Waals surface area contributed by atoms with Gasteiger partial charge >= 0.3 is 12.1 Å². The van der Waals surface area contributed by atoms with Crippen LogP contribution >= 0.6 is 0 Å². The molecule has 9 nitrogen and oxygen atoms in total. The first-order valence-electron chi connectivity index (χ1n) is 10.0. The van der Waals surface area contributed by atoms with Crippen molar-refractivity contribution in [3.05, 3.63) is 100 Å². The first kappa shape index (κ1) is 23.3. The van der Waals surface area contributed by atoms with Crippen LogP contribution in [-0.2, 0) is 22.6 Å². The Kier molecular flexibility index (Phi) is 7.96. The quantitative estimate of drug-likeness (QED) is 0.297. The van der Waals surface area contributed by atoms with E-state index in [0.29, 0.717) is 12.4 Å². The van der Waals surface area contributed by atoms with Crippen molar-refractivity contribution in [1.82, 2.24) is 5.32 Å². The van der Waals surface area contributed by atoms with E-state index in [4.69, 9.17) is 14.2 Å². The fourth-order valence-electron chi connectivity index (χ4n) is 2.95. The first-order chi connectivity index (χ1) is 15.9. The van der Waals surface area contributed by atoms with Gasteiger partial charge in [-0.25, -0.2) is 9.59 Å². The van der Waals surface area contributed by atoms with Gasteiger partial charge in [0.15, 0.2) is 0 Å². The molecule has 0 aliphatic rings. The van der Waals surface area contributed by atoms with E-state index in [-0.39, 0.29) is 17.9 Å². The Morgan fingerprint density at radius 3 is 2.15 bits per heavy atom. The lowest BCUT2D eigenvalue weighted by atomic mass is 10.1. The molecular weight excluding hydrogens is 428 g/mol. The van der Waals surface area contributed by atoms with Crippen molar-refractivity contribution >= 4 is 17.7 Å². The standard InChI is InChI=1S/C24H22N2O7/c1-31-23(27)22(25-24(28)33-21-13-9-19(10-14-21)26(29)30)15-17-7-11-20(12-8-17)32-16-18-5-3-2-4-6-18/h2-14,22H,15-16H2,1H3,(H,25,28)/t22-/m0/s1. The van der Waals surface area contributed by atoms with E-state index >= 15 is 0 Å². The van der Waals surface area contributed by atoms with Gasteiger partial charge in [-0.05, 0) is 35.4 Å². The van der Waals surface area contributed by atoms with E-state index in [1.54, 1.807) is 24.3 Å². The molecule has 1 atom stereocenters. The molecule has 0 bridgehead atoms. The third-order valence-electron chi connectivity index (χ3n) is 4.65. The van der Waals surface area contributed by atoms with Crippen LogP contribution in [0.15, 0.2) is 78.9 Å². The topological polar surface area (TPSA) is 117 Å². The van der Waals surface area contributed by atoms with Crippen molar-refractivity contribution in [1.29, 1.82) is 0 Å². The van der Waals surface area contributed by atoms with Crippen LogP contribution in [0, 0.1) is 10.1 Å². The normalized spacial score (nSPS) is 11.2. The number of carbonyl (C=O) groups is 2. The summed E-state index contributed by atoms with van der Waals surface area (Å²) >= 11 is 0. The molecule has 3 aromatic carbocycles. The zero-order chi connectivity index (χ0) is 23.6. The van der Waals surface area contributed by atoms with Crippen LogP contribution in [0.3, 0.4) is 0 Å². The molecule has 0 aliphatic heterocycles. The third kappa shape index (κ3) is 7.06. The number of nitro groups is 1. The molecule has 0 saturated carbocycles. The third-order valence-corrected chi connectivity index (χ3v) is 4.65. The average Bonchev–Trinajstić information content (AvgIpc) is 2.83. The zero-order valence-electron chi connectivity index (χ0n) is 17.8. The van der Waals surface area contributed by atoms with E-state index in [9.17, 15) is 19.7 Å². The van der Waals surface area contributed by atoms with Gasteiger partial charge in [0.2, 0.25) is 0 Å². The first-order valence-corrected chi connectivity index (χ1v) is 10.0. The molecule has 0 spiro atoms. The second-order valence-electron chi connectivity index (χ2n) is 6.98. The van der Waals surface area contributed by atoms with Crippen LogP contribution < -0.4 is 14.8 Å². The molecule has 9 heteroatoms. The Balaban J connectivity index is 1.57. The average molecular weight is 450 g/mol. The van der Waals surface area contributed by atoms with Crippen molar-refractivity contribution in [3.8, 4) is 11.5 Å². The number of rotatable bonds is 9. The molecule has 170 valence electrons. The number of ether oxygens (including phenoxy) is 3. The van der Waals surface area contributed by atoms with Gasteiger partial charge in [0.25, 0.3) is 5.69 Å². The van der Waals surface area contributed by atoms with Gasteiger partial charge in [-0.3, -0.25) is 10.1 Å². The SMILES string of the molecule is COC(=O)[C@H](Cc1ccc(OCc2ccccc2)cc1)NC(=O)Oc1ccc([N+](=O)[O-])cc1. The van der Waals surface area contributed by atoms with Crippen molar-refractivity contribution < 1.29 is 28.7 Å². The molecule has 1 amide bonds.